The van der Waals surface area contributed by atoms with Gasteiger partial charge in [-0.3, -0.25) is 19.4 Å². The van der Waals surface area contributed by atoms with Gasteiger partial charge in [0.05, 0.1) is 23.8 Å². The fourth-order valence-corrected chi connectivity index (χ4v) is 4.78. The standard InChI is InChI=1S/C34H37N5O4/c1-2-43-27-16-14-24(15-17-27)19-29(31-28(32(36)40)9-6-18-37-31)33(41)39-30(20-23-7-4-3-5-8-23)34(42)38-22-26-12-10-25(21-35)11-13-26/h3-18,29-30H,2,19-22,35H2,1H3,(H2,36,40)(H,38,42)(H,39,41)/t29-,30+/m1/s1. The van der Waals surface area contributed by atoms with E-state index in [1.165, 1.54) is 6.20 Å². The van der Waals surface area contributed by atoms with Gasteiger partial charge in [0.25, 0.3) is 5.91 Å². The van der Waals surface area contributed by atoms with Crippen molar-refractivity contribution in [2.24, 2.45) is 11.5 Å². The van der Waals surface area contributed by atoms with Crippen LogP contribution in [0.4, 0.5) is 0 Å². The van der Waals surface area contributed by atoms with E-state index in [9.17, 15) is 14.4 Å². The summed E-state index contributed by atoms with van der Waals surface area (Å²) in [5, 5.41) is 5.90. The van der Waals surface area contributed by atoms with Gasteiger partial charge in [-0.25, -0.2) is 0 Å². The van der Waals surface area contributed by atoms with Gasteiger partial charge >= 0.3 is 0 Å². The van der Waals surface area contributed by atoms with E-state index >= 15 is 0 Å². The van der Waals surface area contributed by atoms with E-state index in [-0.39, 0.29) is 36.6 Å². The van der Waals surface area contributed by atoms with E-state index in [0.717, 1.165) is 22.3 Å². The zero-order chi connectivity index (χ0) is 30.6. The number of nitrogens with one attached hydrogen (secondary N) is 2. The maximum Gasteiger partial charge on any atom is 0.250 e. The first-order valence-corrected chi connectivity index (χ1v) is 14.2. The lowest BCUT2D eigenvalue weighted by molar-refractivity contribution is -0.129. The summed E-state index contributed by atoms with van der Waals surface area (Å²) in [4.78, 5) is 44.3. The average molecular weight is 580 g/mol. The second kappa shape index (κ2) is 15.3. The van der Waals surface area contributed by atoms with E-state index in [1.807, 2.05) is 85.8 Å². The minimum atomic E-state index is -0.892. The van der Waals surface area contributed by atoms with Crippen molar-refractivity contribution in [1.82, 2.24) is 15.6 Å². The summed E-state index contributed by atoms with van der Waals surface area (Å²) < 4.78 is 5.55. The molecule has 222 valence electrons. The van der Waals surface area contributed by atoms with Gasteiger partial charge in [0.15, 0.2) is 0 Å². The number of hydrogen-bond donors (Lipinski definition) is 4. The van der Waals surface area contributed by atoms with Crippen LogP contribution in [0.2, 0.25) is 0 Å². The lowest BCUT2D eigenvalue weighted by atomic mass is 9.91. The predicted molar refractivity (Wildman–Crippen MR) is 165 cm³/mol. The Bertz CT molecular complexity index is 1510. The predicted octanol–water partition coefficient (Wildman–Crippen LogP) is 3.41. The summed E-state index contributed by atoms with van der Waals surface area (Å²) in [5.41, 5.74) is 15.4. The molecule has 6 N–H and O–H groups in total. The van der Waals surface area contributed by atoms with Gasteiger partial charge in [0.2, 0.25) is 11.8 Å². The van der Waals surface area contributed by atoms with Crippen LogP contribution < -0.4 is 26.8 Å². The molecule has 0 unspecified atom stereocenters. The number of rotatable bonds is 14. The molecule has 0 radical (unpaired) electrons. The van der Waals surface area contributed by atoms with Gasteiger partial charge in [-0.15, -0.1) is 0 Å². The average Bonchev–Trinajstić information content (AvgIpc) is 3.03. The SMILES string of the molecule is CCOc1ccc(C[C@@H](C(=O)N[C@@H](Cc2ccccc2)C(=O)NCc2ccc(CN)cc2)c2ncccc2C(N)=O)cc1. The van der Waals surface area contributed by atoms with Crippen molar-refractivity contribution in [1.29, 1.82) is 0 Å². The van der Waals surface area contributed by atoms with Crippen LogP contribution in [-0.4, -0.2) is 35.4 Å². The highest BCUT2D eigenvalue weighted by molar-refractivity contribution is 5.97. The van der Waals surface area contributed by atoms with Gasteiger partial charge in [-0.2, -0.15) is 0 Å². The smallest absolute Gasteiger partial charge is 0.250 e. The molecular weight excluding hydrogens is 542 g/mol. The van der Waals surface area contributed by atoms with Crippen molar-refractivity contribution in [2.75, 3.05) is 6.61 Å². The molecule has 1 aromatic heterocycles. The number of carbonyl (C=O) groups excluding carboxylic acids is 3. The minimum Gasteiger partial charge on any atom is -0.494 e. The van der Waals surface area contributed by atoms with Crippen molar-refractivity contribution in [3.63, 3.8) is 0 Å². The van der Waals surface area contributed by atoms with Crippen molar-refractivity contribution in [3.8, 4) is 5.75 Å². The lowest BCUT2D eigenvalue weighted by Crippen LogP contribution is -2.49. The Morgan fingerprint density at radius 3 is 2.09 bits per heavy atom. The molecule has 0 fully saturated rings. The Balaban J connectivity index is 1.60. The van der Waals surface area contributed by atoms with Gasteiger partial charge in [-0.1, -0.05) is 66.7 Å². The highest BCUT2D eigenvalue weighted by Crippen LogP contribution is 2.25. The van der Waals surface area contributed by atoms with Crippen molar-refractivity contribution in [2.45, 2.75) is 44.8 Å². The number of pyridine rings is 1. The number of primary amides is 1. The summed E-state index contributed by atoms with van der Waals surface area (Å²) in [6.45, 7) is 3.15. The number of ether oxygens (including phenoxy) is 1. The summed E-state index contributed by atoms with van der Waals surface area (Å²) >= 11 is 0. The third-order valence-electron chi connectivity index (χ3n) is 7.07. The highest BCUT2D eigenvalue weighted by atomic mass is 16.5. The first kappa shape index (κ1) is 30.9. The van der Waals surface area contributed by atoms with Crippen molar-refractivity contribution in [3.05, 3.63) is 131 Å². The van der Waals surface area contributed by atoms with E-state index in [2.05, 4.69) is 15.6 Å². The quantitative estimate of drug-likeness (QED) is 0.180. The zero-order valence-corrected chi connectivity index (χ0v) is 24.2. The second-order valence-corrected chi connectivity index (χ2v) is 10.1. The summed E-state index contributed by atoms with van der Waals surface area (Å²) in [6.07, 6.45) is 2.01. The Hall–Kier alpha value is -5.02. The Kier molecular flexibility index (Phi) is 11.0. The lowest BCUT2D eigenvalue weighted by Gasteiger charge is -2.23. The molecule has 9 nitrogen and oxygen atoms in total. The molecule has 2 atom stereocenters. The van der Waals surface area contributed by atoms with Crippen LogP contribution >= 0.6 is 0 Å². The topological polar surface area (TPSA) is 149 Å². The molecule has 0 bridgehead atoms. The van der Waals surface area contributed by atoms with E-state index < -0.39 is 23.8 Å². The largest absolute Gasteiger partial charge is 0.494 e. The van der Waals surface area contributed by atoms with Crippen molar-refractivity contribution >= 4 is 17.7 Å². The maximum absolute atomic E-state index is 14.0. The molecule has 0 saturated heterocycles. The molecule has 1 heterocycles. The van der Waals surface area contributed by atoms with Crippen LogP contribution in [0.15, 0.2) is 97.2 Å². The molecule has 0 aliphatic carbocycles. The third kappa shape index (κ3) is 8.73. The molecule has 0 aliphatic rings. The first-order valence-electron chi connectivity index (χ1n) is 14.2. The van der Waals surface area contributed by atoms with Crippen LogP contribution in [0, 0.1) is 0 Å². The monoisotopic (exact) mass is 579 g/mol. The maximum atomic E-state index is 14.0. The molecular formula is C34H37N5O4. The first-order chi connectivity index (χ1) is 20.9. The molecule has 0 spiro atoms. The van der Waals surface area contributed by atoms with Gasteiger partial charge in [-0.05, 0) is 59.9 Å². The minimum absolute atomic E-state index is 0.151. The molecule has 3 amide bonds. The zero-order valence-electron chi connectivity index (χ0n) is 24.2. The van der Waals surface area contributed by atoms with Crippen LogP contribution in [0.1, 0.15) is 51.1 Å². The fraction of sp³-hybridized carbons (Fsp3) is 0.235. The van der Waals surface area contributed by atoms with Gasteiger partial charge in [0.1, 0.15) is 11.8 Å². The number of hydrogen-bond acceptors (Lipinski definition) is 6. The number of amides is 3. The normalized spacial score (nSPS) is 12.1. The van der Waals surface area contributed by atoms with Gasteiger partial charge < -0.3 is 26.8 Å². The summed E-state index contributed by atoms with van der Waals surface area (Å²) in [5.74, 6) is -1.65. The second-order valence-electron chi connectivity index (χ2n) is 10.1. The summed E-state index contributed by atoms with van der Waals surface area (Å²) in [6, 6.07) is 26.7. The van der Waals surface area contributed by atoms with Crippen LogP contribution in [0.25, 0.3) is 0 Å². The number of nitrogens with two attached hydrogens (primary N) is 2. The number of carbonyl (C=O) groups is 3. The molecule has 0 aliphatic heterocycles. The van der Waals surface area contributed by atoms with E-state index in [0.29, 0.717) is 18.9 Å². The number of nitrogens with zero attached hydrogens (tertiary/aromatic N) is 1. The molecule has 0 saturated carbocycles. The highest BCUT2D eigenvalue weighted by Gasteiger charge is 2.30. The Morgan fingerprint density at radius 1 is 0.791 bits per heavy atom. The van der Waals surface area contributed by atoms with Crippen LogP contribution in [0.5, 0.6) is 5.75 Å². The fourth-order valence-electron chi connectivity index (χ4n) is 4.78. The van der Waals surface area contributed by atoms with E-state index in [1.54, 1.807) is 12.1 Å². The Labute approximate surface area is 251 Å². The van der Waals surface area contributed by atoms with E-state index in [4.69, 9.17) is 16.2 Å². The molecule has 3 aromatic carbocycles. The number of benzene rings is 3. The van der Waals surface area contributed by atoms with Crippen molar-refractivity contribution < 1.29 is 19.1 Å². The van der Waals surface area contributed by atoms with Gasteiger partial charge in [0, 0.05) is 25.7 Å². The Morgan fingerprint density at radius 2 is 1.44 bits per heavy atom. The molecule has 4 aromatic rings. The van der Waals surface area contributed by atoms with Crippen LogP contribution in [0.3, 0.4) is 0 Å². The number of aromatic nitrogens is 1. The third-order valence-corrected chi connectivity index (χ3v) is 7.07. The molecule has 43 heavy (non-hydrogen) atoms. The van der Waals surface area contributed by atoms with Crippen LogP contribution in [-0.2, 0) is 35.5 Å². The molecule has 4 rings (SSSR count). The summed E-state index contributed by atoms with van der Waals surface area (Å²) in [7, 11) is 0. The molecule has 9 heteroatoms.